The largest absolute Gasteiger partial charge is 0.468 e. The van der Waals surface area contributed by atoms with Crippen molar-refractivity contribution in [3.8, 4) is 22.5 Å². The molecule has 0 amide bonds. The van der Waals surface area contributed by atoms with E-state index in [1.54, 1.807) is 12.4 Å². The highest BCUT2D eigenvalue weighted by Gasteiger charge is 2.52. The summed E-state index contributed by atoms with van der Waals surface area (Å²) in [7, 11) is 3.36. The topological polar surface area (TPSA) is 95.7 Å². The van der Waals surface area contributed by atoms with Crippen LogP contribution in [0.2, 0.25) is 0 Å². The van der Waals surface area contributed by atoms with Crippen LogP contribution in [0.1, 0.15) is 55.3 Å². The van der Waals surface area contributed by atoms with Crippen molar-refractivity contribution in [3.05, 3.63) is 77.9 Å². The zero-order valence-corrected chi connectivity index (χ0v) is 20.4. The van der Waals surface area contributed by atoms with Gasteiger partial charge in [-0.25, -0.2) is 9.97 Å². The highest BCUT2D eigenvalue weighted by atomic mass is 16.5. The van der Waals surface area contributed by atoms with Crippen molar-refractivity contribution in [1.82, 2.24) is 29.7 Å². The summed E-state index contributed by atoms with van der Waals surface area (Å²) in [4.78, 5) is 30.5. The number of ether oxygens (including phenoxy) is 1. The predicted molar refractivity (Wildman–Crippen MR) is 132 cm³/mol. The smallest absolute Gasteiger partial charge is 0.316 e. The average molecular weight is 469 g/mol. The number of carbonyl (C=O) groups is 1. The zero-order chi connectivity index (χ0) is 24.6. The van der Waals surface area contributed by atoms with E-state index in [0.29, 0.717) is 18.2 Å². The maximum absolute atomic E-state index is 12.2. The van der Waals surface area contributed by atoms with Gasteiger partial charge in [-0.15, -0.1) is 0 Å². The van der Waals surface area contributed by atoms with Gasteiger partial charge in [0.2, 0.25) is 0 Å². The highest BCUT2D eigenvalue weighted by Crippen LogP contribution is 2.49. The van der Waals surface area contributed by atoms with Gasteiger partial charge >= 0.3 is 5.97 Å². The van der Waals surface area contributed by atoms with Crippen molar-refractivity contribution in [3.63, 3.8) is 0 Å². The van der Waals surface area contributed by atoms with Crippen molar-refractivity contribution in [1.29, 1.82) is 0 Å². The summed E-state index contributed by atoms with van der Waals surface area (Å²) in [6.45, 7) is 4.21. The molecule has 0 unspecified atom stereocenters. The standard InChI is InChI=1S/C27H28N6O2/c1-17(2)23-16-28-14-21(32-23)11-24-22(15-31-33(24)3)25-29-12-19(13-30-25)18-5-7-20(8-6-18)27(9-10-27)26(34)35-4/h5-8,12-17H,9-11H2,1-4H3. The molecule has 1 fully saturated rings. The Bertz CT molecular complexity index is 1360. The fraction of sp³-hybridized carbons (Fsp3) is 0.333. The van der Waals surface area contributed by atoms with Gasteiger partial charge in [0.25, 0.3) is 0 Å². The van der Waals surface area contributed by atoms with Gasteiger partial charge in [-0.2, -0.15) is 5.10 Å². The number of hydrogen-bond acceptors (Lipinski definition) is 7. The zero-order valence-electron chi connectivity index (χ0n) is 20.4. The van der Waals surface area contributed by atoms with Crippen LogP contribution in [0.5, 0.6) is 0 Å². The second kappa shape index (κ2) is 9.02. The third-order valence-electron chi connectivity index (χ3n) is 6.69. The molecule has 178 valence electrons. The fourth-order valence-corrected chi connectivity index (χ4v) is 4.35. The molecule has 0 spiro atoms. The minimum atomic E-state index is -0.469. The van der Waals surface area contributed by atoms with Crippen LogP contribution in [0.25, 0.3) is 22.5 Å². The van der Waals surface area contributed by atoms with Gasteiger partial charge < -0.3 is 4.74 Å². The third-order valence-corrected chi connectivity index (χ3v) is 6.69. The highest BCUT2D eigenvalue weighted by molar-refractivity contribution is 5.86. The van der Waals surface area contributed by atoms with Gasteiger partial charge in [0.05, 0.1) is 41.4 Å². The van der Waals surface area contributed by atoms with Crippen molar-refractivity contribution in [2.24, 2.45) is 7.05 Å². The summed E-state index contributed by atoms with van der Waals surface area (Å²) < 4.78 is 6.83. The third kappa shape index (κ3) is 4.32. The maximum Gasteiger partial charge on any atom is 0.316 e. The second-order valence-corrected chi connectivity index (χ2v) is 9.34. The number of rotatable bonds is 7. The molecule has 0 saturated heterocycles. The summed E-state index contributed by atoms with van der Waals surface area (Å²) in [5, 5.41) is 4.44. The molecule has 0 bridgehead atoms. The molecule has 0 aliphatic heterocycles. The van der Waals surface area contributed by atoms with Gasteiger partial charge in [-0.1, -0.05) is 38.1 Å². The molecule has 0 N–H and O–H groups in total. The van der Waals surface area contributed by atoms with Crippen molar-refractivity contribution in [2.45, 2.75) is 44.4 Å². The molecule has 1 saturated carbocycles. The van der Waals surface area contributed by atoms with E-state index in [0.717, 1.165) is 52.2 Å². The van der Waals surface area contributed by atoms with Crippen LogP contribution >= 0.6 is 0 Å². The fourth-order valence-electron chi connectivity index (χ4n) is 4.35. The Morgan fingerprint density at radius 2 is 1.74 bits per heavy atom. The molecular weight excluding hydrogens is 440 g/mol. The van der Waals surface area contributed by atoms with Gasteiger partial charge in [0, 0.05) is 43.8 Å². The average Bonchev–Trinajstić information content (AvgIpc) is 3.63. The van der Waals surface area contributed by atoms with Gasteiger partial charge in [-0.05, 0) is 29.9 Å². The van der Waals surface area contributed by atoms with E-state index in [9.17, 15) is 4.79 Å². The Morgan fingerprint density at radius 3 is 2.37 bits per heavy atom. The van der Waals surface area contributed by atoms with E-state index in [-0.39, 0.29) is 5.97 Å². The summed E-state index contributed by atoms with van der Waals surface area (Å²) in [6.07, 6.45) is 11.3. The second-order valence-electron chi connectivity index (χ2n) is 9.34. The van der Waals surface area contributed by atoms with Crippen molar-refractivity contribution in [2.75, 3.05) is 7.11 Å². The number of aromatic nitrogens is 6. The van der Waals surface area contributed by atoms with Crippen LogP contribution < -0.4 is 0 Å². The van der Waals surface area contributed by atoms with Crippen LogP contribution in [-0.4, -0.2) is 42.8 Å². The lowest BCUT2D eigenvalue weighted by Crippen LogP contribution is -2.21. The Balaban J connectivity index is 1.37. The number of aryl methyl sites for hydroxylation is 1. The van der Waals surface area contributed by atoms with Crippen LogP contribution in [-0.2, 0) is 28.4 Å². The Hall–Kier alpha value is -3.94. The summed E-state index contributed by atoms with van der Waals surface area (Å²) in [5.74, 6) is 0.768. The monoisotopic (exact) mass is 468 g/mol. The summed E-state index contributed by atoms with van der Waals surface area (Å²) in [5.41, 5.74) is 6.14. The Kier molecular flexibility index (Phi) is 5.88. The molecule has 0 atom stereocenters. The number of benzene rings is 1. The first kappa shape index (κ1) is 22.8. The quantitative estimate of drug-likeness (QED) is 0.374. The van der Waals surface area contributed by atoms with E-state index in [2.05, 4.69) is 33.9 Å². The molecule has 1 aliphatic carbocycles. The first-order valence-electron chi connectivity index (χ1n) is 11.7. The number of nitrogens with zero attached hydrogens (tertiary/aromatic N) is 6. The lowest BCUT2D eigenvalue weighted by atomic mass is 9.94. The van der Waals surface area contributed by atoms with Gasteiger partial charge in [0.1, 0.15) is 0 Å². The molecule has 8 nitrogen and oxygen atoms in total. The molecule has 3 heterocycles. The molecule has 4 aromatic rings. The Morgan fingerprint density at radius 1 is 1.03 bits per heavy atom. The van der Waals surface area contributed by atoms with Crippen LogP contribution in [0, 0.1) is 0 Å². The maximum atomic E-state index is 12.2. The SMILES string of the molecule is COC(=O)C1(c2ccc(-c3cnc(-c4cnn(C)c4Cc4cncc(C(C)C)n4)nc3)cc2)CC1. The van der Waals surface area contributed by atoms with Crippen LogP contribution in [0.3, 0.4) is 0 Å². The first-order valence-corrected chi connectivity index (χ1v) is 11.7. The molecule has 5 rings (SSSR count). The van der Waals surface area contributed by atoms with Gasteiger partial charge in [0.15, 0.2) is 5.82 Å². The first-order chi connectivity index (χ1) is 16.9. The normalized spacial score (nSPS) is 14.2. The molecular formula is C27H28N6O2. The minimum Gasteiger partial charge on any atom is -0.468 e. The molecule has 1 aromatic carbocycles. The minimum absolute atomic E-state index is 0.160. The van der Waals surface area contributed by atoms with Crippen LogP contribution in [0.15, 0.2) is 55.2 Å². The van der Waals surface area contributed by atoms with E-state index < -0.39 is 5.41 Å². The number of esters is 1. The molecule has 1 aliphatic rings. The lowest BCUT2D eigenvalue weighted by molar-refractivity contribution is -0.143. The summed E-state index contributed by atoms with van der Waals surface area (Å²) >= 11 is 0. The summed E-state index contributed by atoms with van der Waals surface area (Å²) in [6, 6.07) is 8.01. The molecule has 0 radical (unpaired) electrons. The Labute approximate surface area is 204 Å². The van der Waals surface area contributed by atoms with E-state index >= 15 is 0 Å². The lowest BCUT2D eigenvalue weighted by Gasteiger charge is -2.13. The number of carbonyl (C=O) groups excluding carboxylic acids is 1. The molecule has 8 heteroatoms. The number of methoxy groups -OCH3 is 1. The van der Waals surface area contributed by atoms with Crippen molar-refractivity contribution < 1.29 is 9.53 Å². The van der Waals surface area contributed by atoms with E-state index in [1.165, 1.54) is 7.11 Å². The molecule has 35 heavy (non-hydrogen) atoms. The van der Waals surface area contributed by atoms with Crippen molar-refractivity contribution >= 4 is 5.97 Å². The van der Waals surface area contributed by atoms with E-state index in [1.807, 2.05) is 54.6 Å². The van der Waals surface area contributed by atoms with Gasteiger partial charge in [-0.3, -0.25) is 19.4 Å². The number of hydrogen-bond donors (Lipinski definition) is 0. The van der Waals surface area contributed by atoms with E-state index in [4.69, 9.17) is 9.72 Å². The predicted octanol–water partition coefficient (Wildman–Crippen LogP) is 4.25. The molecule has 3 aromatic heterocycles. The van der Waals surface area contributed by atoms with Crippen LogP contribution in [0.4, 0.5) is 0 Å².